The van der Waals surface area contributed by atoms with Crippen LogP contribution in [0.3, 0.4) is 0 Å². The van der Waals surface area contributed by atoms with E-state index in [-0.39, 0.29) is 25.0 Å². The predicted octanol–water partition coefficient (Wildman–Crippen LogP) is 5.26. The Hall–Kier alpha value is -2.82. The zero-order valence-electron chi connectivity index (χ0n) is 24.4. The summed E-state index contributed by atoms with van der Waals surface area (Å²) >= 11 is 12.4. The number of anilines is 2. The van der Waals surface area contributed by atoms with Gasteiger partial charge in [-0.2, -0.15) is 13.2 Å². The lowest BCUT2D eigenvalue weighted by Crippen LogP contribution is -2.37. The molecule has 10 nitrogen and oxygen atoms in total. The number of rotatable bonds is 11. The zero-order chi connectivity index (χ0) is 33.5. The lowest BCUT2D eigenvalue weighted by Gasteiger charge is -2.24. The topological polar surface area (TPSA) is 130 Å². The summed E-state index contributed by atoms with van der Waals surface area (Å²) in [7, 11) is -9.13. The third-order valence-electron chi connectivity index (χ3n) is 7.36. The van der Waals surface area contributed by atoms with E-state index < -0.39 is 48.5 Å². The van der Waals surface area contributed by atoms with Crippen molar-refractivity contribution in [3.63, 3.8) is 0 Å². The fraction of sp³-hybridized carbons (Fsp3) is 0.393. The quantitative estimate of drug-likeness (QED) is 0.195. The number of aromatic nitrogens is 2. The summed E-state index contributed by atoms with van der Waals surface area (Å²) in [5, 5.41) is -0.0137. The van der Waals surface area contributed by atoms with E-state index in [1.807, 2.05) is 11.8 Å². The number of allylic oxidation sites excluding steroid dienone is 2. The van der Waals surface area contributed by atoms with E-state index in [0.717, 1.165) is 11.6 Å². The lowest BCUT2D eigenvalue weighted by atomic mass is 10.2. The minimum atomic E-state index is -4.75. The maximum absolute atomic E-state index is 13.8. The Bertz CT molecular complexity index is 1910. The number of hydrogen-bond acceptors (Lipinski definition) is 8. The molecular formula is C28H30Cl2F3N4O6S2-. The number of imidazole rings is 1. The first kappa shape index (κ1) is 35.0. The maximum atomic E-state index is 13.8. The molecule has 17 heteroatoms. The van der Waals surface area contributed by atoms with Crippen molar-refractivity contribution in [1.29, 1.82) is 0 Å². The fourth-order valence-corrected chi connectivity index (χ4v) is 6.70. The van der Waals surface area contributed by atoms with Gasteiger partial charge in [0.25, 0.3) is 5.82 Å². The average Bonchev–Trinajstić information content (AvgIpc) is 3.35. The molecule has 0 radical (unpaired) electrons. The Morgan fingerprint density at radius 2 is 1.56 bits per heavy atom. The molecule has 0 aliphatic carbocycles. The standard InChI is InChI=1S/C28H31Cl2F3N4O6S2/c1-4-34-24-16-20(29)18(3)14-22(24)37(11-13-45(41,42)43)27(34)9-6-8-26-35(5-2)25-17-21(30)19(28(31,32)33)15-23(25)36(26)10-7-12-44(38,39)40/h6,8-9,14-17H,4-5,7,10-13H2,1-3H3,(H-,38,39,40,41,42,43)/p-1. The number of hydrogen-bond donors (Lipinski definition) is 0. The highest BCUT2D eigenvalue weighted by Crippen LogP contribution is 2.44. The molecule has 0 spiro atoms. The van der Waals surface area contributed by atoms with Crippen molar-refractivity contribution in [2.45, 2.75) is 46.5 Å². The minimum absolute atomic E-state index is 0.0854. The third-order valence-corrected chi connectivity index (χ3v) is 9.55. The molecule has 1 aliphatic rings. The molecule has 1 aliphatic heterocycles. The smallest absolute Gasteiger partial charge is 0.418 e. The van der Waals surface area contributed by atoms with Crippen molar-refractivity contribution in [2.75, 3.05) is 34.4 Å². The van der Waals surface area contributed by atoms with Crippen molar-refractivity contribution in [2.24, 2.45) is 0 Å². The summed E-state index contributed by atoms with van der Waals surface area (Å²) in [5.41, 5.74) is 1.52. The van der Waals surface area contributed by atoms with Crippen molar-refractivity contribution in [3.8, 4) is 0 Å². The first-order valence-electron chi connectivity index (χ1n) is 13.8. The first-order valence-corrected chi connectivity index (χ1v) is 17.7. The van der Waals surface area contributed by atoms with Crippen LogP contribution in [0.15, 0.2) is 42.2 Å². The number of nitrogens with zero attached hydrogens (tertiary/aromatic N) is 4. The molecule has 0 saturated heterocycles. The number of benzene rings is 2. The summed E-state index contributed by atoms with van der Waals surface area (Å²) in [6.45, 7) is 5.96. The van der Waals surface area contributed by atoms with Gasteiger partial charge < -0.3 is 18.9 Å². The number of aryl methyl sites for hydroxylation is 3. The van der Waals surface area contributed by atoms with Crippen LogP contribution in [-0.4, -0.2) is 55.1 Å². The molecule has 0 bridgehead atoms. The maximum Gasteiger partial charge on any atom is 0.418 e. The van der Waals surface area contributed by atoms with E-state index >= 15 is 0 Å². The monoisotopic (exact) mass is 709 g/mol. The van der Waals surface area contributed by atoms with Gasteiger partial charge in [0.2, 0.25) is 0 Å². The summed E-state index contributed by atoms with van der Waals surface area (Å²) < 4.78 is 113. The van der Waals surface area contributed by atoms with Crippen LogP contribution < -0.4 is 14.4 Å². The van der Waals surface area contributed by atoms with Crippen molar-refractivity contribution in [3.05, 3.63) is 69.2 Å². The van der Waals surface area contributed by atoms with Gasteiger partial charge in [-0.05, 0) is 51.0 Å². The average molecular weight is 711 g/mol. The highest BCUT2D eigenvalue weighted by molar-refractivity contribution is 7.85. The van der Waals surface area contributed by atoms with Crippen LogP contribution in [0.2, 0.25) is 10.0 Å². The van der Waals surface area contributed by atoms with Gasteiger partial charge in [0.15, 0.2) is 11.0 Å². The molecule has 45 heavy (non-hydrogen) atoms. The van der Waals surface area contributed by atoms with Crippen LogP contribution in [0.1, 0.15) is 37.2 Å². The van der Waals surface area contributed by atoms with Gasteiger partial charge in [-0.15, -0.1) is 0 Å². The molecule has 246 valence electrons. The van der Waals surface area contributed by atoms with E-state index in [0.29, 0.717) is 46.6 Å². The van der Waals surface area contributed by atoms with Crippen molar-refractivity contribution < 1.29 is 43.7 Å². The van der Waals surface area contributed by atoms with Crippen LogP contribution >= 0.6 is 23.2 Å². The van der Waals surface area contributed by atoms with E-state index in [9.17, 15) is 39.1 Å². The zero-order valence-corrected chi connectivity index (χ0v) is 27.6. The molecule has 1 aromatic heterocycles. The van der Waals surface area contributed by atoms with Gasteiger partial charge in [0, 0.05) is 42.1 Å². The van der Waals surface area contributed by atoms with E-state index in [1.165, 1.54) is 10.6 Å². The lowest BCUT2D eigenvalue weighted by molar-refractivity contribution is -0.673. The fourth-order valence-electron chi connectivity index (χ4n) is 5.39. The van der Waals surface area contributed by atoms with Crippen molar-refractivity contribution >= 4 is 71.9 Å². The van der Waals surface area contributed by atoms with Crippen LogP contribution in [0.25, 0.3) is 17.1 Å². The first-order chi connectivity index (χ1) is 20.9. The Morgan fingerprint density at radius 1 is 0.911 bits per heavy atom. The second-order valence-electron chi connectivity index (χ2n) is 10.3. The Labute approximate surface area is 269 Å². The second kappa shape index (κ2) is 13.1. The third kappa shape index (κ3) is 7.77. The van der Waals surface area contributed by atoms with Crippen LogP contribution in [0, 0.1) is 6.92 Å². The molecule has 0 fully saturated rings. The summed E-state index contributed by atoms with van der Waals surface area (Å²) in [6.07, 6.45) is -0.00483. The second-order valence-corrected chi connectivity index (χ2v) is 14.2. The normalized spacial score (nSPS) is 15.3. The molecule has 0 unspecified atom stereocenters. The molecule has 0 saturated carbocycles. The predicted molar refractivity (Wildman–Crippen MR) is 165 cm³/mol. The Balaban J connectivity index is 1.87. The Kier molecular flexibility index (Phi) is 10.2. The Morgan fingerprint density at radius 3 is 2.13 bits per heavy atom. The molecule has 0 atom stereocenters. The minimum Gasteiger partial charge on any atom is -0.748 e. The molecule has 2 aromatic carbocycles. The van der Waals surface area contributed by atoms with Crippen LogP contribution in [-0.2, 0) is 39.5 Å². The van der Waals surface area contributed by atoms with E-state index in [2.05, 4.69) is 0 Å². The van der Waals surface area contributed by atoms with Gasteiger partial charge in [-0.1, -0.05) is 29.3 Å². The molecule has 2 heterocycles. The molecular weight excluding hydrogens is 680 g/mol. The summed E-state index contributed by atoms with van der Waals surface area (Å²) in [5.74, 6) is -0.453. The highest BCUT2D eigenvalue weighted by atomic mass is 35.5. The van der Waals surface area contributed by atoms with Gasteiger partial charge in [0.1, 0.15) is 5.82 Å². The molecule has 3 aromatic rings. The van der Waals surface area contributed by atoms with E-state index in [1.54, 1.807) is 53.7 Å². The summed E-state index contributed by atoms with van der Waals surface area (Å²) in [4.78, 5) is 3.56. The molecule has 0 N–H and O–H groups in total. The van der Waals surface area contributed by atoms with Gasteiger partial charge >= 0.3 is 6.18 Å². The number of fused-ring (bicyclic) bond motifs is 2. The van der Waals surface area contributed by atoms with E-state index in [4.69, 9.17) is 23.2 Å². The van der Waals surface area contributed by atoms with Crippen LogP contribution in [0.4, 0.5) is 24.5 Å². The molecule has 4 rings (SSSR count). The van der Waals surface area contributed by atoms with Gasteiger partial charge in [-0.25, -0.2) is 26.0 Å². The van der Waals surface area contributed by atoms with Gasteiger partial charge in [0.05, 0.1) is 61.0 Å². The largest absolute Gasteiger partial charge is 0.748 e. The number of alkyl halides is 3. The molecule has 0 amide bonds. The van der Waals surface area contributed by atoms with Gasteiger partial charge in [-0.3, -0.25) is 0 Å². The highest BCUT2D eigenvalue weighted by Gasteiger charge is 2.36. The number of halogens is 5. The summed E-state index contributed by atoms with van der Waals surface area (Å²) in [6, 6.07) is 5.63. The SMILES string of the molecule is CCN1C(=CC=Cc2n(CC)c3cc(Cl)c(C(F)(F)F)cc3[n+]2CCCS(=O)(=O)[O-])N(CCS(=O)(=O)[O-])c2cc(C)c(Cl)cc21. The van der Waals surface area contributed by atoms with Crippen LogP contribution in [0.5, 0.6) is 0 Å². The van der Waals surface area contributed by atoms with Crippen molar-refractivity contribution in [1.82, 2.24) is 4.57 Å².